The first-order valence-electron chi connectivity index (χ1n) is 9.21. The van der Waals surface area contributed by atoms with E-state index in [-0.39, 0.29) is 12.0 Å². The van der Waals surface area contributed by atoms with Gasteiger partial charge < -0.3 is 15.5 Å². The van der Waals surface area contributed by atoms with Crippen molar-refractivity contribution in [2.75, 3.05) is 26.2 Å². The Morgan fingerprint density at radius 3 is 2.50 bits per heavy atom. The molecule has 0 aliphatic heterocycles. The molecule has 0 aromatic heterocycles. The van der Waals surface area contributed by atoms with Gasteiger partial charge in [-0.25, -0.2) is 0 Å². The molecule has 136 valence electrons. The highest BCUT2D eigenvalue weighted by atomic mass is 15.2. The van der Waals surface area contributed by atoms with E-state index in [2.05, 4.69) is 61.5 Å². The van der Waals surface area contributed by atoms with Gasteiger partial charge >= 0.3 is 0 Å². The van der Waals surface area contributed by atoms with Gasteiger partial charge in [-0.3, -0.25) is 0 Å². The van der Waals surface area contributed by atoms with E-state index < -0.39 is 0 Å². The third-order valence-electron chi connectivity index (χ3n) is 3.88. The van der Waals surface area contributed by atoms with Crippen molar-refractivity contribution < 1.29 is 0 Å². The quantitative estimate of drug-likeness (QED) is 0.287. The van der Waals surface area contributed by atoms with Crippen molar-refractivity contribution in [2.24, 2.45) is 5.92 Å². The zero-order chi connectivity index (χ0) is 18.4. The predicted molar refractivity (Wildman–Crippen MR) is 108 cm³/mol. The number of hydrogen-bond acceptors (Lipinski definition) is 3. The molecule has 2 atom stereocenters. The maximum absolute atomic E-state index is 5.53. The third kappa shape index (κ3) is 8.84. The second-order valence-electron chi connectivity index (χ2n) is 6.17. The molecule has 0 aliphatic rings. The Labute approximate surface area is 150 Å². The molecule has 0 fully saturated rings. The van der Waals surface area contributed by atoms with E-state index in [4.69, 9.17) is 6.42 Å². The Morgan fingerprint density at radius 1 is 1.29 bits per heavy atom. The van der Waals surface area contributed by atoms with Gasteiger partial charge in [-0.05, 0) is 32.7 Å². The number of rotatable bonds is 14. The van der Waals surface area contributed by atoms with Crippen LogP contribution < -0.4 is 10.6 Å². The fourth-order valence-corrected chi connectivity index (χ4v) is 2.54. The topological polar surface area (TPSA) is 27.3 Å². The molecule has 0 bridgehead atoms. The summed E-state index contributed by atoms with van der Waals surface area (Å²) in [6, 6.07) is 0.0581. The summed E-state index contributed by atoms with van der Waals surface area (Å²) in [6.07, 6.45) is 13.0. The summed E-state index contributed by atoms with van der Waals surface area (Å²) in [7, 11) is 0. The Hall–Kier alpha value is -1.66. The van der Waals surface area contributed by atoms with E-state index in [1.54, 1.807) is 0 Å². The van der Waals surface area contributed by atoms with Crippen molar-refractivity contribution >= 4 is 0 Å². The summed E-state index contributed by atoms with van der Waals surface area (Å²) in [5.74, 6) is 2.86. The van der Waals surface area contributed by atoms with Crippen LogP contribution in [0.25, 0.3) is 0 Å². The predicted octanol–water partition coefficient (Wildman–Crippen LogP) is 3.92. The first kappa shape index (κ1) is 22.3. The number of allylic oxidation sites excluding steroid dienone is 1. The Bertz CT molecular complexity index is 431. The number of hydrogen-bond donors (Lipinski definition) is 2. The highest BCUT2D eigenvalue weighted by molar-refractivity contribution is 5.12. The minimum Gasteiger partial charge on any atom is -0.380 e. The van der Waals surface area contributed by atoms with Crippen LogP contribution in [0.15, 0.2) is 36.7 Å². The summed E-state index contributed by atoms with van der Waals surface area (Å²) >= 11 is 0. The minimum atomic E-state index is 0.0581. The Balaban J connectivity index is 4.89. The maximum Gasteiger partial charge on any atom is 0.0574 e. The molecule has 2 N–H and O–H groups in total. The zero-order valence-corrected chi connectivity index (χ0v) is 16.2. The van der Waals surface area contributed by atoms with Crippen LogP contribution in [0.2, 0.25) is 0 Å². The van der Waals surface area contributed by atoms with E-state index >= 15 is 0 Å². The first-order valence-corrected chi connectivity index (χ1v) is 9.21. The second kappa shape index (κ2) is 13.7. The fraction of sp³-hybridized carbons (Fsp3) is 0.619. The zero-order valence-electron chi connectivity index (χ0n) is 16.2. The lowest BCUT2D eigenvalue weighted by atomic mass is 10.0. The van der Waals surface area contributed by atoms with Crippen molar-refractivity contribution in [3.05, 3.63) is 36.7 Å². The van der Waals surface area contributed by atoms with Gasteiger partial charge in [0.25, 0.3) is 0 Å². The first-order chi connectivity index (χ1) is 11.5. The summed E-state index contributed by atoms with van der Waals surface area (Å²) in [5.41, 5.74) is 2.32. The van der Waals surface area contributed by atoms with E-state index in [1.165, 1.54) is 5.70 Å². The van der Waals surface area contributed by atoms with Crippen LogP contribution in [0.1, 0.15) is 47.0 Å². The lowest BCUT2D eigenvalue weighted by Gasteiger charge is -2.30. The molecule has 0 radical (unpaired) electrons. The molecule has 0 saturated carbocycles. The standard InChI is InChI=1S/C21H37N3/c1-8-13-20(16-22-14-9-2)24(15-10-3)17-19(7)23-21(12-5)18(6)11-4/h4,12-13,18,21-23H,5,7-10,14-17H2,1-3,6H3/b20-13+. The van der Waals surface area contributed by atoms with E-state index in [0.29, 0.717) is 0 Å². The molecule has 0 spiro atoms. The van der Waals surface area contributed by atoms with Gasteiger partial charge in [0.15, 0.2) is 0 Å². The number of terminal acetylenes is 1. The molecule has 0 aromatic rings. The van der Waals surface area contributed by atoms with Crippen LogP contribution in [0, 0.1) is 18.3 Å². The van der Waals surface area contributed by atoms with Gasteiger partial charge in [0.1, 0.15) is 0 Å². The van der Waals surface area contributed by atoms with Gasteiger partial charge in [-0.1, -0.05) is 39.5 Å². The second-order valence-corrected chi connectivity index (χ2v) is 6.17. The average Bonchev–Trinajstić information content (AvgIpc) is 2.58. The fourth-order valence-electron chi connectivity index (χ4n) is 2.54. The molecule has 0 aliphatic carbocycles. The van der Waals surface area contributed by atoms with Crippen molar-refractivity contribution in [2.45, 2.75) is 53.0 Å². The van der Waals surface area contributed by atoms with Crippen LogP contribution in [0.3, 0.4) is 0 Å². The summed E-state index contributed by atoms with van der Waals surface area (Å²) < 4.78 is 0. The minimum absolute atomic E-state index is 0.0581. The normalized spacial score (nSPS) is 13.7. The van der Waals surface area contributed by atoms with Gasteiger partial charge in [-0.2, -0.15) is 0 Å². The third-order valence-corrected chi connectivity index (χ3v) is 3.88. The summed E-state index contributed by atoms with van der Waals surface area (Å²) in [6.45, 7) is 20.4. The Kier molecular flexibility index (Phi) is 12.8. The molecular weight excluding hydrogens is 294 g/mol. The van der Waals surface area contributed by atoms with Crippen molar-refractivity contribution in [1.29, 1.82) is 0 Å². The molecule has 0 heterocycles. The van der Waals surface area contributed by atoms with Gasteiger partial charge in [0.05, 0.1) is 12.6 Å². The van der Waals surface area contributed by atoms with E-state index in [0.717, 1.165) is 51.1 Å². The largest absolute Gasteiger partial charge is 0.380 e. The van der Waals surface area contributed by atoms with Gasteiger partial charge in [-0.15, -0.1) is 18.9 Å². The molecule has 0 amide bonds. The molecule has 0 rings (SSSR count). The van der Waals surface area contributed by atoms with Crippen molar-refractivity contribution in [3.63, 3.8) is 0 Å². The highest BCUT2D eigenvalue weighted by Gasteiger charge is 2.14. The molecule has 0 aromatic carbocycles. The summed E-state index contributed by atoms with van der Waals surface area (Å²) in [4.78, 5) is 2.40. The molecule has 24 heavy (non-hydrogen) atoms. The summed E-state index contributed by atoms with van der Waals surface area (Å²) in [5, 5.41) is 6.93. The molecular formula is C21H37N3. The molecule has 2 unspecified atom stereocenters. The lowest BCUT2D eigenvalue weighted by molar-refractivity contribution is 0.346. The van der Waals surface area contributed by atoms with Gasteiger partial charge in [0, 0.05) is 30.4 Å². The van der Waals surface area contributed by atoms with Crippen molar-refractivity contribution in [1.82, 2.24) is 15.5 Å². The van der Waals surface area contributed by atoms with E-state index in [1.807, 2.05) is 13.0 Å². The number of nitrogens with zero attached hydrogens (tertiary/aromatic N) is 1. The van der Waals surface area contributed by atoms with Crippen LogP contribution in [0.4, 0.5) is 0 Å². The average molecular weight is 332 g/mol. The van der Waals surface area contributed by atoms with Crippen LogP contribution in [0.5, 0.6) is 0 Å². The lowest BCUT2D eigenvalue weighted by Crippen LogP contribution is -2.38. The SMILES string of the molecule is C#CC(C)C(C=C)NC(=C)CN(CCC)/C(=C/CC)CNCCC. The van der Waals surface area contributed by atoms with Crippen LogP contribution in [-0.4, -0.2) is 37.1 Å². The van der Waals surface area contributed by atoms with E-state index in [9.17, 15) is 0 Å². The monoisotopic (exact) mass is 331 g/mol. The molecule has 3 nitrogen and oxygen atoms in total. The van der Waals surface area contributed by atoms with Crippen LogP contribution in [-0.2, 0) is 0 Å². The number of nitrogens with one attached hydrogen (secondary N) is 2. The van der Waals surface area contributed by atoms with Crippen LogP contribution >= 0.6 is 0 Å². The maximum atomic E-state index is 5.53. The van der Waals surface area contributed by atoms with Crippen molar-refractivity contribution in [3.8, 4) is 12.3 Å². The Morgan fingerprint density at radius 2 is 2.00 bits per heavy atom. The molecule has 0 saturated heterocycles. The van der Waals surface area contributed by atoms with Gasteiger partial charge in [0.2, 0.25) is 0 Å². The molecule has 3 heteroatoms. The smallest absolute Gasteiger partial charge is 0.0574 e. The highest BCUT2D eigenvalue weighted by Crippen LogP contribution is 2.11.